The van der Waals surface area contributed by atoms with Crippen molar-refractivity contribution < 1.29 is 4.79 Å². The Morgan fingerprint density at radius 2 is 1.33 bits per heavy atom. The number of hydrogen-bond donors (Lipinski definition) is 0. The summed E-state index contributed by atoms with van der Waals surface area (Å²) in [6.07, 6.45) is 3.66. The highest BCUT2D eigenvalue weighted by atomic mass is 16.2. The average Bonchev–Trinajstić information content (AvgIpc) is 3.32. The van der Waals surface area contributed by atoms with E-state index < -0.39 is 0 Å². The van der Waals surface area contributed by atoms with Gasteiger partial charge in [0, 0.05) is 12.7 Å². The first-order valence-corrected chi connectivity index (χ1v) is 11.7. The Morgan fingerprint density at radius 3 is 1.94 bits per heavy atom. The van der Waals surface area contributed by atoms with Gasteiger partial charge in [0.05, 0.1) is 28.2 Å². The minimum Gasteiger partial charge on any atom is -0.285 e. The highest BCUT2D eigenvalue weighted by Gasteiger charge is 2.31. The molecule has 1 amide bonds. The van der Waals surface area contributed by atoms with Crippen LogP contribution in [0.1, 0.15) is 23.7 Å². The Labute approximate surface area is 209 Å². The van der Waals surface area contributed by atoms with Gasteiger partial charge < -0.3 is 0 Å². The van der Waals surface area contributed by atoms with E-state index in [1.165, 1.54) is 5.01 Å². The minimum atomic E-state index is -0.200. The zero-order valence-corrected chi connectivity index (χ0v) is 20.4. The topological polar surface area (TPSA) is 59.6 Å². The van der Waals surface area contributed by atoms with Crippen molar-refractivity contribution in [3.05, 3.63) is 130 Å². The maximum absolute atomic E-state index is 13.6. The molecule has 0 N–H and O–H groups in total. The number of carbonyl (C=O) groups is 1. The van der Waals surface area contributed by atoms with E-state index in [4.69, 9.17) is 0 Å². The highest BCUT2D eigenvalue weighted by Crippen LogP contribution is 2.30. The van der Waals surface area contributed by atoms with Crippen molar-refractivity contribution in [2.24, 2.45) is 12.1 Å². The molecule has 5 rings (SSSR count). The lowest BCUT2D eigenvalue weighted by Gasteiger charge is -2.12. The number of allylic oxidation sites excluding steroid dienone is 2. The van der Waals surface area contributed by atoms with Crippen LogP contribution in [0.15, 0.2) is 113 Å². The Bertz CT molecular complexity index is 1570. The van der Waals surface area contributed by atoms with Gasteiger partial charge in [0.2, 0.25) is 0 Å². The SMILES string of the molecule is CC1=NN(c2ccccc2)C(=O)/C1=C(\C=C\c1c(C)n(C)n(-c2ccccc2)c1=O)c1ccccc1. The minimum absolute atomic E-state index is 0.121. The number of amides is 1. The van der Waals surface area contributed by atoms with Crippen molar-refractivity contribution >= 4 is 29.0 Å². The number of anilines is 1. The second-order valence-electron chi connectivity index (χ2n) is 8.60. The molecule has 0 spiro atoms. The fourth-order valence-corrected chi connectivity index (χ4v) is 4.45. The summed E-state index contributed by atoms with van der Waals surface area (Å²) < 4.78 is 3.49. The molecule has 1 aliphatic rings. The lowest BCUT2D eigenvalue weighted by atomic mass is 9.96. The Morgan fingerprint density at radius 1 is 0.778 bits per heavy atom. The van der Waals surface area contributed by atoms with Crippen molar-refractivity contribution in [1.82, 2.24) is 9.36 Å². The molecule has 1 aromatic heterocycles. The lowest BCUT2D eigenvalue weighted by Crippen LogP contribution is -2.22. The number of aromatic nitrogens is 2. The van der Waals surface area contributed by atoms with E-state index in [1.807, 2.05) is 123 Å². The Hall–Kier alpha value is -4.71. The molecule has 0 radical (unpaired) electrons. The Balaban J connectivity index is 1.64. The fraction of sp³-hybridized carbons (Fsp3) is 0.100. The van der Waals surface area contributed by atoms with Crippen molar-refractivity contribution in [3.8, 4) is 5.69 Å². The molecule has 178 valence electrons. The van der Waals surface area contributed by atoms with Crippen molar-refractivity contribution in [1.29, 1.82) is 0 Å². The molecule has 0 unspecified atom stereocenters. The molecular weight excluding hydrogens is 448 g/mol. The molecule has 0 fully saturated rings. The molecular formula is C30H26N4O2. The summed E-state index contributed by atoms with van der Waals surface area (Å²) in [5.41, 5.74) is 5.50. The monoisotopic (exact) mass is 474 g/mol. The van der Waals surface area contributed by atoms with E-state index in [0.717, 1.165) is 16.9 Å². The molecule has 2 heterocycles. The summed E-state index contributed by atoms with van der Waals surface area (Å²) in [6, 6.07) is 28.6. The van der Waals surface area contributed by atoms with E-state index >= 15 is 0 Å². The molecule has 0 atom stereocenters. The molecule has 6 heteroatoms. The van der Waals surface area contributed by atoms with E-state index in [2.05, 4.69) is 5.10 Å². The van der Waals surface area contributed by atoms with Gasteiger partial charge in [-0.3, -0.25) is 14.3 Å². The smallest absolute Gasteiger partial charge is 0.281 e. The number of benzene rings is 3. The standard InChI is InChI=1S/C30H26N4O2/c1-21-28(30(36)33(31-21)24-15-9-5-10-16-24)27(23-13-7-4-8-14-23)20-19-26-22(2)32(3)34(29(26)35)25-17-11-6-12-18-25/h4-20H,1-3H3/b20-19+,28-27+. The predicted molar refractivity (Wildman–Crippen MR) is 145 cm³/mol. The zero-order valence-electron chi connectivity index (χ0n) is 20.4. The molecule has 6 nitrogen and oxygen atoms in total. The van der Waals surface area contributed by atoms with Crippen LogP contribution in [0.3, 0.4) is 0 Å². The summed E-state index contributed by atoms with van der Waals surface area (Å²) in [5.74, 6) is -0.200. The molecule has 0 saturated carbocycles. The summed E-state index contributed by atoms with van der Waals surface area (Å²) in [7, 11) is 1.87. The summed E-state index contributed by atoms with van der Waals surface area (Å²) in [6.45, 7) is 3.75. The third-order valence-electron chi connectivity index (χ3n) is 6.39. The van der Waals surface area contributed by atoms with E-state index in [-0.39, 0.29) is 11.5 Å². The summed E-state index contributed by atoms with van der Waals surface area (Å²) >= 11 is 0. The largest absolute Gasteiger partial charge is 0.285 e. The van der Waals surface area contributed by atoms with Crippen LogP contribution in [0.4, 0.5) is 5.69 Å². The lowest BCUT2D eigenvalue weighted by molar-refractivity contribution is -0.114. The maximum atomic E-state index is 13.6. The molecule has 0 aliphatic carbocycles. The van der Waals surface area contributed by atoms with Crippen LogP contribution >= 0.6 is 0 Å². The summed E-state index contributed by atoms with van der Waals surface area (Å²) in [5, 5.41) is 5.98. The second kappa shape index (κ2) is 9.50. The predicted octanol–water partition coefficient (Wildman–Crippen LogP) is 5.37. The van der Waals surface area contributed by atoms with Gasteiger partial charge in [0.1, 0.15) is 0 Å². The second-order valence-corrected chi connectivity index (χ2v) is 8.60. The maximum Gasteiger partial charge on any atom is 0.281 e. The first kappa shape index (κ1) is 23.1. The van der Waals surface area contributed by atoms with E-state index in [9.17, 15) is 9.59 Å². The van der Waals surface area contributed by atoms with Gasteiger partial charge in [-0.15, -0.1) is 0 Å². The van der Waals surface area contributed by atoms with E-state index in [1.54, 1.807) is 10.8 Å². The molecule has 0 bridgehead atoms. The normalized spacial score (nSPS) is 15.0. The molecule has 4 aromatic rings. The summed E-state index contributed by atoms with van der Waals surface area (Å²) in [4.78, 5) is 27.0. The fourth-order valence-electron chi connectivity index (χ4n) is 4.45. The van der Waals surface area contributed by atoms with Gasteiger partial charge in [-0.2, -0.15) is 10.1 Å². The van der Waals surface area contributed by atoms with Gasteiger partial charge in [0.25, 0.3) is 11.5 Å². The van der Waals surface area contributed by atoms with Crippen LogP contribution in [-0.4, -0.2) is 21.0 Å². The molecule has 3 aromatic carbocycles. The van der Waals surface area contributed by atoms with E-state index in [0.29, 0.717) is 28.1 Å². The van der Waals surface area contributed by atoms with Crippen molar-refractivity contribution in [2.75, 3.05) is 5.01 Å². The number of carbonyl (C=O) groups excluding carboxylic acids is 1. The van der Waals surface area contributed by atoms with Crippen LogP contribution in [0.25, 0.3) is 17.3 Å². The van der Waals surface area contributed by atoms with Gasteiger partial charge in [-0.05, 0) is 55.3 Å². The van der Waals surface area contributed by atoms with Gasteiger partial charge in [-0.25, -0.2) is 4.68 Å². The molecule has 1 aliphatic heterocycles. The number of rotatable bonds is 5. The van der Waals surface area contributed by atoms with Crippen LogP contribution in [-0.2, 0) is 11.8 Å². The number of nitrogens with zero attached hydrogens (tertiary/aromatic N) is 4. The van der Waals surface area contributed by atoms with Crippen LogP contribution in [0, 0.1) is 6.92 Å². The van der Waals surface area contributed by atoms with Gasteiger partial charge in [0.15, 0.2) is 0 Å². The van der Waals surface area contributed by atoms with Gasteiger partial charge in [-0.1, -0.05) is 72.8 Å². The average molecular weight is 475 g/mol. The Kier molecular flexibility index (Phi) is 6.09. The molecule has 36 heavy (non-hydrogen) atoms. The highest BCUT2D eigenvalue weighted by molar-refractivity contribution is 6.34. The first-order valence-electron chi connectivity index (χ1n) is 11.7. The van der Waals surface area contributed by atoms with Crippen LogP contribution in [0.5, 0.6) is 0 Å². The zero-order chi connectivity index (χ0) is 25.2. The number of hydrazone groups is 1. The first-order chi connectivity index (χ1) is 17.5. The van der Waals surface area contributed by atoms with Gasteiger partial charge >= 0.3 is 0 Å². The molecule has 0 saturated heterocycles. The van der Waals surface area contributed by atoms with Crippen LogP contribution in [0.2, 0.25) is 0 Å². The van der Waals surface area contributed by atoms with Crippen molar-refractivity contribution in [3.63, 3.8) is 0 Å². The van der Waals surface area contributed by atoms with Crippen LogP contribution < -0.4 is 10.6 Å². The van der Waals surface area contributed by atoms with Crippen molar-refractivity contribution in [2.45, 2.75) is 13.8 Å². The quantitative estimate of drug-likeness (QED) is 0.365. The third-order valence-corrected chi connectivity index (χ3v) is 6.39. The third kappa shape index (κ3) is 4.03. The number of para-hydroxylation sites is 2. The number of hydrogen-bond acceptors (Lipinski definition) is 3.